The summed E-state index contributed by atoms with van der Waals surface area (Å²) in [5.74, 6) is 0. The molecule has 0 fully saturated rings. The third-order valence-electron chi connectivity index (χ3n) is 4.77. The molecule has 4 aromatic rings. The maximum absolute atomic E-state index is 9.50. The zero-order valence-corrected chi connectivity index (χ0v) is 15.3. The van der Waals surface area contributed by atoms with Gasteiger partial charge in [-0.25, -0.2) is 9.50 Å². The Bertz CT molecular complexity index is 1130. The van der Waals surface area contributed by atoms with Gasteiger partial charge in [0.15, 0.2) is 5.65 Å². The summed E-state index contributed by atoms with van der Waals surface area (Å²) >= 11 is 0. The van der Waals surface area contributed by atoms with Gasteiger partial charge in [0.2, 0.25) is 0 Å². The molecular weight excluding hydrogens is 332 g/mol. The fraction of sp³-hybridized carbons (Fsp3) is 0.174. The fourth-order valence-corrected chi connectivity index (χ4v) is 3.49. The van der Waals surface area contributed by atoms with E-state index in [2.05, 4.69) is 36.4 Å². The zero-order chi connectivity index (χ0) is 18.6. The molecule has 0 unspecified atom stereocenters. The van der Waals surface area contributed by atoms with Gasteiger partial charge in [-0.2, -0.15) is 10.4 Å². The van der Waals surface area contributed by atoms with Crippen LogP contribution in [-0.2, 0) is 12.8 Å². The molecule has 0 amide bonds. The smallest absolute Gasteiger partial charge is 0.155 e. The van der Waals surface area contributed by atoms with E-state index in [-0.39, 0.29) is 0 Å². The molecule has 4 heteroatoms. The number of aryl methyl sites for hydroxylation is 1. The van der Waals surface area contributed by atoms with Crippen molar-refractivity contribution >= 4 is 5.65 Å². The summed E-state index contributed by atoms with van der Waals surface area (Å²) in [6.07, 6.45) is 6.60. The van der Waals surface area contributed by atoms with Crippen LogP contribution in [0.3, 0.4) is 0 Å². The van der Waals surface area contributed by atoms with Crippen molar-refractivity contribution in [2.24, 2.45) is 0 Å². The molecule has 0 aliphatic heterocycles. The van der Waals surface area contributed by atoms with E-state index in [1.54, 1.807) is 6.20 Å². The van der Waals surface area contributed by atoms with E-state index in [9.17, 15) is 5.26 Å². The minimum atomic E-state index is 0.694. The quantitative estimate of drug-likeness (QED) is 0.518. The first-order valence-electron chi connectivity index (χ1n) is 9.19. The largest absolute Gasteiger partial charge is 0.233 e. The lowest BCUT2D eigenvalue weighted by molar-refractivity contribution is 0.831. The molecule has 0 radical (unpaired) electrons. The maximum atomic E-state index is 9.50. The minimum Gasteiger partial charge on any atom is -0.233 e. The fourth-order valence-electron chi connectivity index (χ4n) is 3.49. The molecule has 2 aromatic heterocycles. The number of fused-ring (bicyclic) bond motifs is 1. The molecule has 0 aliphatic carbocycles. The average molecular weight is 352 g/mol. The van der Waals surface area contributed by atoms with Crippen LogP contribution in [-0.4, -0.2) is 14.6 Å². The van der Waals surface area contributed by atoms with Gasteiger partial charge < -0.3 is 0 Å². The highest BCUT2D eigenvalue weighted by Crippen LogP contribution is 2.29. The Morgan fingerprint density at radius 2 is 1.74 bits per heavy atom. The van der Waals surface area contributed by atoms with Crippen molar-refractivity contribution in [1.82, 2.24) is 14.6 Å². The van der Waals surface area contributed by atoms with Crippen molar-refractivity contribution in [1.29, 1.82) is 5.26 Å². The second-order valence-corrected chi connectivity index (χ2v) is 6.59. The molecule has 0 bridgehead atoms. The molecule has 0 saturated carbocycles. The lowest BCUT2D eigenvalue weighted by Crippen LogP contribution is -2.04. The van der Waals surface area contributed by atoms with Gasteiger partial charge in [0.1, 0.15) is 0 Å². The molecule has 4 nitrogen and oxygen atoms in total. The van der Waals surface area contributed by atoms with Gasteiger partial charge in [-0.3, -0.25) is 0 Å². The molecule has 0 atom stereocenters. The SMILES string of the molecule is CCCc1nc2ccnn2cc1Cc1ccccc1-c1ccccc1C#N. The molecular formula is C23H20N4. The predicted molar refractivity (Wildman–Crippen MR) is 106 cm³/mol. The number of hydrogen-bond acceptors (Lipinski definition) is 3. The van der Waals surface area contributed by atoms with E-state index in [1.165, 1.54) is 11.1 Å². The van der Waals surface area contributed by atoms with Crippen molar-refractivity contribution in [3.05, 3.63) is 89.4 Å². The van der Waals surface area contributed by atoms with E-state index < -0.39 is 0 Å². The van der Waals surface area contributed by atoms with Gasteiger partial charge in [-0.05, 0) is 34.7 Å². The standard InChI is InChI=1S/C23H20N4/c1-2-7-22-19(16-27-23(26-22)12-13-25-27)14-17-8-3-5-10-20(17)21-11-6-4-9-18(21)15-24/h3-6,8-13,16H,2,7,14H2,1H3. The number of rotatable bonds is 5. The normalized spacial score (nSPS) is 10.8. The topological polar surface area (TPSA) is 54.0 Å². The Kier molecular flexibility index (Phi) is 4.67. The Morgan fingerprint density at radius 1 is 0.963 bits per heavy atom. The average Bonchev–Trinajstić information content (AvgIpc) is 3.16. The van der Waals surface area contributed by atoms with Gasteiger partial charge in [0.25, 0.3) is 0 Å². The van der Waals surface area contributed by atoms with Gasteiger partial charge in [-0.1, -0.05) is 55.8 Å². The molecule has 2 heterocycles. The van der Waals surface area contributed by atoms with Crippen molar-refractivity contribution in [3.8, 4) is 17.2 Å². The van der Waals surface area contributed by atoms with E-state index in [4.69, 9.17) is 4.98 Å². The van der Waals surface area contributed by atoms with Crippen LogP contribution >= 0.6 is 0 Å². The highest BCUT2D eigenvalue weighted by Gasteiger charge is 2.13. The Labute approximate surface area is 158 Å². The predicted octanol–water partition coefficient (Wildman–Crippen LogP) is 4.81. The summed E-state index contributed by atoms with van der Waals surface area (Å²) < 4.78 is 1.83. The highest BCUT2D eigenvalue weighted by atomic mass is 15.2. The molecule has 27 heavy (non-hydrogen) atoms. The molecule has 0 saturated heterocycles. The van der Waals surface area contributed by atoms with Gasteiger partial charge >= 0.3 is 0 Å². The van der Waals surface area contributed by atoms with Crippen LogP contribution in [0.4, 0.5) is 0 Å². The first-order valence-corrected chi connectivity index (χ1v) is 9.19. The Hall–Kier alpha value is -3.45. The second kappa shape index (κ2) is 7.43. The summed E-state index contributed by atoms with van der Waals surface area (Å²) in [7, 11) is 0. The third kappa shape index (κ3) is 3.32. The monoisotopic (exact) mass is 352 g/mol. The van der Waals surface area contributed by atoms with Gasteiger partial charge in [-0.15, -0.1) is 0 Å². The lowest BCUT2D eigenvalue weighted by Gasteiger charge is -2.14. The van der Waals surface area contributed by atoms with Crippen molar-refractivity contribution in [2.45, 2.75) is 26.2 Å². The number of nitrogens with zero attached hydrogens (tertiary/aromatic N) is 4. The summed E-state index contributed by atoms with van der Waals surface area (Å²) in [6, 6.07) is 20.3. The number of hydrogen-bond donors (Lipinski definition) is 0. The number of aromatic nitrogens is 3. The van der Waals surface area contributed by atoms with E-state index in [0.717, 1.165) is 41.7 Å². The van der Waals surface area contributed by atoms with Crippen molar-refractivity contribution in [2.75, 3.05) is 0 Å². The van der Waals surface area contributed by atoms with E-state index in [0.29, 0.717) is 5.56 Å². The zero-order valence-electron chi connectivity index (χ0n) is 15.3. The second-order valence-electron chi connectivity index (χ2n) is 6.59. The van der Waals surface area contributed by atoms with Crippen molar-refractivity contribution in [3.63, 3.8) is 0 Å². The first kappa shape index (κ1) is 17.0. The van der Waals surface area contributed by atoms with Crippen LogP contribution in [0.2, 0.25) is 0 Å². The van der Waals surface area contributed by atoms with Crippen LogP contribution in [0.5, 0.6) is 0 Å². The molecule has 2 aromatic carbocycles. The lowest BCUT2D eigenvalue weighted by atomic mass is 9.92. The van der Waals surface area contributed by atoms with Crippen LogP contribution in [0.15, 0.2) is 67.0 Å². The van der Waals surface area contributed by atoms with E-state index in [1.807, 2.05) is 47.0 Å². The van der Waals surface area contributed by atoms with Gasteiger partial charge in [0.05, 0.1) is 17.8 Å². The molecule has 0 spiro atoms. The van der Waals surface area contributed by atoms with Crippen molar-refractivity contribution < 1.29 is 0 Å². The Balaban J connectivity index is 1.81. The number of benzene rings is 2. The summed E-state index contributed by atoms with van der Waals surface area (Å²) in [4.78, 5) is 4.81. The molecule has 0 N–H and O–H groups in total. The minimum absolute atomic E-state index is 0.694. The first-order chi connectivity index (χ1) is 13.3. The number of nitriles is 1. The van der Waals surface area contributed by atoms with Gasteiger partial charge in [0, 0.05) is 24.4 Å². The van der Waals surface area contributed by atoms with Crippen LogP contribution in [0, 0.1) is 11.3 Å². The third-order valence-corrected chi connectivity index (χ3v) is 4.77. The summed E-state index contributed by atoms with van der Waals surface area (Å²) in [5, 5.41) is 13.8. The summed E-state index contributed by atoms with van der Waals surface area (Å²) in [5.41, 5.74) is 7.12. The van der Waals surface area contributed by atoms with Crippen LogP contribution < -0.4 is 0 Å². The van der Waals surface area contributed by atoms with Crippen LogP contribution in [0.1, 0.15) is 35.7 Å². The maximum Gasteiger partial charge on any atom is 0.155 e. The molecule has 4 rings (SSSR count). The Morgan fingerprint density at radius 3 is 2.56 bits per heavy atom. The molecule has 132 valence electrons. The van der Waals surface area contributed by atoms with E-state index >= 15 is 0 Å². The summed E-state index contributed by atoms with van der Waals surface area (Å²) in [6.45, 7) is 2.17. The van der Waals surface area contributed by atoms with Crippen LogP contribution in [0.25, 0.3) is 16.8 Å². The molecule has 0 aliphatic rings. The highest BCUT2D eigenvalue weighted by molar-refractivity contribution is 5.73.